The molecule has 2 aromatic rings. The third-order valence-corrected chi connectivity index (χ3v) is 4.08. The summed E-state index contributed by atoms with van der Waals surface area (Å²) in [6, 6.07) is 6.46. The summed E-state index contributed by atoms with van der Waals surface area (Å²) in [5.41, 5.74) is 0.392. The molecule has 1 atom stereocenters. The van der Waals surface area contributed by atoms with E-state index in [0.29, 0.717) is 40.9 Å². The molecule has 21 heavy (non-hydrogen) atoms. The smallest absolute Gasteiger partial charge is 0.326 e. The van der Waals surface area contributed by atoms with Gasteiger partial charge in [-0.25, -0.2) is 9.78 Å². The highest BCUT2D eigenvalue weighted by Gasteiger charge is 2.35. The maximum absolute atomic E-state index is 12.7. The highest BCUT2D eigenvalue weighted by Crippen LogP contribution is 2.27. The molecule has 1 saturated heterocycles. The summed E-state index contributed by atoms with van der Waals surface area (Å²) in [6.45, 7) is 0.451. The van der Waals surface area contributed by atoms with Crippen molar-refractivity contribution in [2.45, 2.75) is 18.9 Å². The Morgan fingerprint density at radius 1 is 1.29 bits per heavy atom. The van der Waals surface area contributed by atoms with Crippen LogP contribution >= 0.6 is 11.6 Å². The number of carboxylic acid groups (broad SMARTS) is 1. The number of nitrogens with zero attached hydrogens (tertiary/aromatic N) is 2. The van der Waals surface area contributed by atoms with Gasteiger partial charge < -0.3 is 10.0 Å². The van der Waals surface area contributed by atoms with E-state index in [2.05, 4.69) is 4.98 Å². The molecular weight excluding hydrogens is 292 g/mol. The zero-order valence-corrected chi connectivity index (χ0v) is 11.9. The fourth-order valence-electron chi connectivity index (χ4n) is 2.75. The van der Waals surface area contributed by atoms with E-state index in [1.165, 1.54) is 11.1 Å². The van der Waals surface area contributed by atoms with Gasteiger partial charge >= 0.3 is 5.97 Å². The third kappa shape index (κ3) is 2.34. The van der Waals surface area contributed by atoms with E-state index in [1.54, 1.807) is 12.1 Å². The Hall–Kier alpha value is -2.14. The second-order valence-corrected chi connectivity index (χ2v) is 5.36. The van der Waals surface area contributed by atoms with Crippen molar-refractivity contribution in [1.29, 1.82) is 0 Å². The van der Waals surface area contributed by atoms with Gasteiger partial charge in [0.2, 0.25) is 0 Å². The molecule has 0 spiro atoms. The van der Waals surface area contributed by atoms with Crippen LogP contribution in [-0.2, 0) is 4.79 Å². The number of pyridine rings is 1. The predicted molar refractivity (Wildman–Crippen MR) is 78.4 cm³/mol. The topological polar surface area (TPSA) is 70.5 Å². The number of likely N-dealkylation sites (tertiary alicyclic amines) is 1. The fourth-order valence-corrected chi connectivity index (χ4v) is 2.96. The van der Waals surface area contributed by atoms with E-state index >= 15 is 0 Å². The summed E-state index contributed by atoms with van der Waals surface area (Å²) in [5, 5.41) is 10.9. The van der Waals surface area contributed by atoms with Gasteiger partial charge in [0.1, 0.15) is 11.2 Å². The molecule has 1 fully saturated rings. The summed E-state index contributed by atoms with van der Waals surface area (Å²) in [5.74, 6) is -1.27. The average Bonchev–Trinajstić information content (AvgIpc) is 2.97. The molecule has 1 N–H and O–H groups in total. The van der Waals surface area contributed by atoms with Gasteiger partial charge in [-0.3, -0.25) is 4.79 Å². The molecule has 0 saturated carbocycles. The molecule has 1 unspecified atom stereocenters. The Bertz CT molecular complexity index is 732. The number of hydrogen-bond acceptors (Lipinski definition) is 3. The molecule has 1 aromatic heterocycles. The largest absolute Gasteiger partial charge is 0.480 e. The lowest BCUT2D eigenvalue weighted by Crippen LogP contribution is -2.40. The van der Waals surface area contributed by atoms with Crippen LogP contribution in [0.25, 0.3) is 10.8 Å². The van der Waals surface area contributed by atoms with E-state index in [9.17, 15) is 14.7 Å². The van der Waals surface area contributed by atoms with Crippen LogP contribution in [0.3, 0.4) is 0 Å². The number of halogens is 1. The van der Waals surface area contributed by atoms with Crippen LogP contribution in [-0.4, -0.2) is 39.5 Å². The van der Waals surface area contributed by atoms with Crippen molar-refractivity contribution in [1.82, 2.24) is 9.88 Å². The average molecular weight is 305 g/mol. The fraction of sp³-hybridized carbons (Fsp3) is 0.267. The molecule has 3 rings (SSSR count). The van der Waals surface area contributed by atoms with Crippen LogP contribution < -0.4 is 0 Å². The van der Waals surface area contributed by atoms with Crippen LogP contribution in [0.2, 0.25) is 5.15 Å². The maximum atomic E-state index is 12.7. The van der Waals surface area contributed by atoms with E-state index in [0.717, 1.165) is 0 Å². The number of carbonyl (C=O) groups excluding carboxylic acids is 1. The van der Waals surface area contributed by atoms with Gasteiger partial charge in [-0.2, -0.15) is 0 Å². The molecule has 0 aliphatic carbocycles. The number of carboxylic acids is 1. The monoisotopic (exact) mass is 304 g/mol. The summed E-state index contributed by atoms with van der Waals surface area (Å²) < 4.78 is 0. The number of amides is 1. The molecule has 1 amide bonds. The first-order valence-corrected chi connectivity index (χ1v) is 7.04. The standard InChI is InChI=1S/C15H13ClN2O3/c16-13-10-5-2-1-4-9(10)11(8-17-13)14(19)18-7-3-6-12(18)15(20)21/h1-2,4-5,8,12H,3,6-7H2,(H,20,21). The first-order chi connectivity index (χ1) is 10.1. The van der Waals surface area contributed by atoms with E-state index in [4.69, 9.17) is 11.6 Å². The molecule has 0 radical (unpaired) electrons. The molecular formula is C15H13ClN2O3. The first kappa shape index (κ1) is 13.8. The summed E-state index contributed by atoms with van der Waals surface area (Å²) in [7, 11) is 0. The lowest BCUT2D eigenvalue weighted by molar-refractivity contribution is -0.141. The lowest BCUT2D eigenvalue weighted by Gasteiger charge is -2.22. The molecule has 1 aliphatic heterocycles. The van der Waals surface area contributed by atoms with Gasteiger partial charge in [-0.1, -0.05) is 35.9 Å². The highest BCUT2D eigenvalue weighted by atomic mass is 35.5. The van der Waals surface area contributed by atoms with Crippen LogP contribution in [0.5, 0.6) is 0 Å². The SMILES string of the molecule is O=C(O)C1CCCN1C(=O)c1cnc(Cl)c2ccccc12. The Kier molecular flexibility index (Phi) is 3.51. The van der Waals surface area contributed by atoms with Crippen molar-refractivity contribution in [2.24, 2.45) is 0 Å². The number of benzene rings is 1. The number of fused-ring (bicyclic) bond motifs is 1. The number of aliphatic carboxylic acids is 1. The summed E-state index contributed by atoms with van der Waals surface area (Å²) >= 11 is 6.04. The molecule has 1 aromatic carbocycles. The Morgan fingerprint density at radius 3 is 2.71 bits per heavy atom. The van der Waals surface area contributed by atoms with Gasteiger partial charge in [0.05, 0.1) is 5.56 Å². The summed E-state index contributed by atoms with van der Waals surface area (Å²) in [6.07, 6.45) is 2.60. The Morgan fingerprint density at radius 2 is 2.00 bits per heavy atom. The van der Waals surface area contributed by atoms with Crippen molar-refractivity contribution in [3.63, 3.8) is 0 Å². The number of aromatic nitrogens is 1. The van der Waals surface area contributed by atoms with E-state index in [-0.39, 0.29) is 5.91 Å². The number of rotatable bonds is 2. The molecule has 2 heterocycles. The Labute approximate surface area is 126 Å². The van der Waals surface area contributed by atoms with Gasteiger partial charge in [-0.15, -0.1) is 0 Å². The van der Waals surface area contributed by atoms with Crippen molar-refractivity contribution in [2.75, 3.05) is 6.54 Å². The minimum absolute atomic E-state index is 0.305. The number of hydrogen-bond donors (Lipinski definition) is 1. The quantitative estimate of drug-likeness (QED) is 0.866. The highest BCUT2D eigenvalue weighted by molar-refractivity contribution is 6.34. The van der Waals surface area contributed by atoms with Crippen molar-refractivity contribution in [3.8, 4) is 0 Å². The minimum Gasteiger partial charge on any atom is -0.480 e. The molecule has 0 bridgehead atoms. The van der Waals surface area contributed by atoms with Gasteiger partial charge in [-0.05, 0) is 18.2 Å². The predicted octanol–water partition coefficient (Wildman–Crippen LogP) is 2.58. The third-order valence-electron chi connectivity index (χ3n) is 3.78. The second kappa shape index (κ2) is 5.33. The van der Waals surface area contributed by atoms with Crippen LogP contribution in [0.15, 0.2) is 30.5 Å². The normalized spacial score (nSPS) is 18.1. The van der Waals surface area contributed by atoms with Crippen molar-refractivity contribution >= 4 is 34.2 Å². The van der Waals surface area contributed by atoms with Crippen LogP contribution in [0.1, 0.15) is 23.2 Å². The van der Waals surface area contributed by atoms with Crippen molar-refractivity contribution in [3.05, 3.63) is 41.2 Å². The zero-order chi connectivity index (χ0) is 15.0. The summed E-state index contributed by atoms with van der Waals surface area (Å²) in [4.78, 5) is 29.3. The van der Waals surface area contributed by atoms with E-state index in [1.807, 2.05) is 12.1 Å². The van der Waals surface area contributed by atoms with E-state index < -0.39 is 12.0 Å². The maximum Gasteiger partial charge on any atom is 0.326 e. The molecule has 108 valence electrons. The van der Waals surface area contributed by atoms with Crippen LogP contribution in [0.4, 0.5) is 0 Å². The van der Waals surface area contributed by atoms with Crippen molar-refractivity contribution < 1.29 is 14.7 Å². The molecule has 6 heteroatoms. The zero-order valence-electron chi connectivity index (χ0n) is 11.1. The molecule has 5 nitrogen and oxygen atoms in total. The number of carbonyl (C=O) groups is 2. The van der Waals surface area contributed by atoms with Gasteiger partial charge in [0.25, 0.3) is 5.91 Å². The lowest BCUT2D eigenvalue weighted by atomic mass is 10.1. The first-order valence-electron chi connectivity index (χ1n) is 6.66. The second-order valence-electron chi connectivity index (χ2n) is 5.00. The van der Waals surface area contributed by atoms with Gasteiger partial charge in [0.15, 0.2) is 0 Å². The van der Waals surface area contributed by atoms with Gasteiger partial charge in [0, 0.05) is 18.1 Å². The van der Waals surface area contributed by atoms with Crippen LogP contribution in [0, 0.1) is 0 Å². The minimum atomic E-state index is -0.966. The Balaban J connectivity index is 2.06. The molecule has 1 aliphatic rings.